The van der Waals surface area contributed by atoms with Crippen LogP contribution in [0.5, 0.6) is 0 Å². The Bertz CT molecular complexity index is 3450. The largest absolute Gasteiger partial charge is 0.454 e. The first-order valence-corrected chi connectivity index (χ1v) is 18.4. The number of fused-ring (bicyclic) bond motifs is 10. The maximum atomic E-state index is 6.78. The summed E-state index contributed by atoms with van der Waals surface area (Å²) in [5.74, 6) is 1.73. The van der Waals surface area contributed by atoms with Crippen LogP contribution in [-0.4, -0.2) is 24.1 Å². The van der Waals surface area contributed by atoms with Crippen LogP contribution in [0.1, 0.15) is 0 Å². The first kappa shape index (κ1) is 29.9. The second-order valence-corrected chi connectivity index (χ2v) is 14.1. The predicted octanol–water partition coefficient (Wildman–Crippen LogP) is 12.5. The molecule has 0 saturated carbocycles. The molecule has 8 aromatic carbocycles. The third-order valence-corrected chi connectivity index (χ3v) is 10.9. The van der Waals surface area contributed by atoms with Crippen molar-refractivity contribution < 1.29 is 4.42 Å². The summed E-state index contributed by atoms with van der Waals surface area (Å²) in [6, 6.07) is 61.4. The number of furan rings is 1. The molecule has 6 nitrogen and oxygen atoms in total. The van der Waals surface area contributed by atoms with Crippen molar-refractivity contribution in [1.82, 2.24) is 24.1 Å². The van der Waals surface area contributed by atoms with E-state index in [0.717, 1.165) is 71.6 Å². The second kappa shape index (κ2) is 11.5. The lowest BCUT2D eigenvalue weighted by molar-refractivity contribution is 0.666. The molecule has 0 bridgehead atoms. The number of para-hydroxylation sites is 4. The molecule has 12 rings (SSSR count). The average molecular weight is 704 g/mol. The SMILES string of the molecule is c1ccc(-c2nc(-c3cc(-n4c5ccccc5c5cc6ccccc6cc54)c4oc5ccccc5c4c3)nc(-n3c4ccccc4c4ccccc43)n2)cc1. The van der Waals surface area contributed by atoms with Crippen LogP contribution in [-0.2, 0) is 0 Å². The fourth-order valence-corrected chi connectivity index (χ4v) is 8.47. The lowest BCUT2D eigenvalue weighted by Crippen LogP contribution is -2.06. The average Bonchev–Trinajstić information content (AvgIpc) is 3.90. The second-order valence-electron chi connectivity index (χ2n) is 14.1. The zero-order valence-corrected chi connectivity index (χ0v) is 29.4. The van der Waals surface area contributed by atoms with Gasteiger partial charge in [0, 0.05) is 43.4 Å². The molecule has 0 aliphatic carbocycles. The summed E-state index contributed by atoms with van der Waals surface area (Å²) in [5, 5.41) is 9.07. The van der Waals surface area contributed by atoms with E-state index in [9.17, 15) is 0 Å². The molecular formula is C49H29N5O. The molecule has 4 heterocycles. The summed E-state index contributed by atoms with van der Waals surface area (Å²) in [7, 11) is 0. The van der Waals surface area contributed by atoms with Crippen LogP contribution in [0.25, 0.3) is 111 Å². The Morgan fingerprint density at radius 2 is 0.909 bits per heavy atom. The molecule has 0 aliphatic rings. The van der Waals surface area contributed by atoms with Crippen LogP contribution in [0, 0.1) is 0 Å². The minimum atomic E-state index is 0.559. The van der Waals surface area contributed by atoms with Gasteiger partial charge in [0.05, 0.1) is 27.8 Å². The minimum Gasteiger partial charge on any atom is -0.454 e. The van der Waals surface area contributed by atoms with E-state index >= 15 is 0 Å². The molecule has 0 N–H and O–H groups in total. The standard InChI is InChI=1S/C49H29N5O/c1-2-14-30(15-3-1)47-50-48(52-49(51-47)54-41-23-11-6-18-34(41)35-19-7-12-24-42(35)54)33-27-39-37-21-9-13-25-45(37)55-46(39)44(29-33)53-40-22-10-8-20-36(40)38-26-31-16-4-5-17-32(31)28-43(38)53/h1-29H. The highest BCUT2D eigenvalue weighted by molar-refractivity contribution is 6.16. The monoisotopic (exact) mass is 703 g/mol. The maximum Gasteiger partial charge on any atom is 0.238 e. The minimum absolute atomic E-state index is 0.559. The van der Waals surface area contributed by atoms with E-state index in [1.165, 1.54) is 21.5 Å². The molecular weight excluding hydrogens is 675 g/mol. The Morgan fingerprint density at radius 3 is 1.62 bits per heavy atom. The number of benzene rings is 8. The van der Waals surface area contributed by atoms with E-state index in [2.05, 4.69) is 155 Å². The molecule has 0 saturated heterocycles. The third kappa shape index (κ3) is 4.46. The number of nitrogens with zero attached hydrogens (tertiary/aromatic N) is 5. The first-order valence-electron chi connectivity index (χ1n) is 18.4. The zero-order chi connectivity index (χ0) is 36.0. The van der Waals surface area contributed by atoms with Crippen molar-refractivity contribution >= 4 is 76.3 Å². The van der Waals surface area contributed by atoms with Crippen molar-refractivity contribution in [2.75, 3.05) is 0 Å². The van der Waals surface area contributed by atoms with Gasteiger partial charge in [-0.15, -0.1) is 0 Å². The van der Waals surface area contributed by atoms with Crippen LogP contribution >= 0.6 is 0 Å². The van der Waals surface area contributed by atoms with Crippen LogP contribution in [0.3, 0.4) is 0 Å². The Kier molecular flexibility index (Phi) is 6.24. The van der Waals surface area contributed by atoms with E-state index in [1.807, 2.05) is 30.3 Å². The highest BCUT2D eigenvalue weighted by atomic mass is 16.3. The van der Waals surface area contributed by atoms with Crippen LogP contribution in [0.15, 0.2) is 180 Å². The molecule has 0 amide bonds. The van der Waals surface area contributed by atoms with Crippen molar-refractivity contribution in [3.05, 3.63) is 176 Å². The molecule has 55 heavy (non-hydrogen) atoms. The topological polar surface area (TPSA) is 61.7 Å². The zero-order valence-electron chi connectivity index (χ0n) is 29.4. The summed E-state index contributed by atoms with van der Waals surface area (Å²) >= 11 is 0. The molecule has 0 atom stereocenters. The Labute approximate surface area is 314 Å². The van der Waals surface area contributed by atoms with E-state index < -0.39 is 0 Å². The fourth-order valence-electron chi connectivity index (χ4n) is 8.47. The van der Waals surface area contributed by atoms with Gasteiger partial charge >= 0.3 is 0 Å². The smallest absolute Gasteiger partial charge is 0.238 e. The van der Waals surface area contributed by atoms with Crippen molar-refractivity contribution in [3.8, 4) is 34.4 Å². The summed E-state index contributed by atoms with van der Waals surface area (Å²) in [4.78, 5) is 15.7. The summed E-state index contributed by atoms with van der Waals surface area (Å²) < 4.78 is 11.3. The van der Waals surface area contributed by atoms with Gasteiger partial charge in [-0.25, -0.2) is 4.98 Å². The van der Waals surface area contributed by atoms with Gasteiger partial charge in [0.15, 0.2) is 17.2 Å². The third-order valence-electron chi connectivity index (χ3n) is 10.9. The van der Waals surface area contributed by atoms with E-state index in [1.54, 1.807) is 0 Å². The summed E-state index contributed by atoms with van der Waals surface area (Å²) in [6.45, 7) is 0. The van der Waals surface area contributed by atoms with Crippen molar-refractivity contribution in [2.24, 2.45) is 0 Å². The quantitative estimate of drug-likeness (QED) is 0.183. The lowest BCUT2D eigenvalue weighted by atomic mass is 10.1. The molecule has 0 aliphatic heterocycles. The first-order chi connectivity index (χ1) is 27.3. The molecule has 0 fully saturated rings. The number of rotatable bonds is 4. The van der Waals surface area contributed by atoms with E-state index in [-0.39, 0.29) is 0 Å². The van der Waals surface area contributed by atoms with E-state index in [4.69, 9.17) is 19.4 Å². The van der Waals surface area contributed by atoms with Gasteiger partial charge in [-0.2, -0.15) is 9.97 Å². The highest BCUT2D eigenvalue weighted by Gasteiger charge is 2.23. The number of aromatic nitrogens is 5. The molecule has 0 unspecified atom stereocenters. The van der Waals surface area contributed by atoms with Crippen LogP contribution in [0.2, 0.25) is 0 Å². The van der Waals surface area contributed by atoms with Gasteiger partial charge in [-0.3, -0.25) is 4.57 Å². The van der Waals surface area contributed by atoms with Gasteiger partial charge in [0.2, 0.25) is 5.95 Å². The van der Waals surface area contributed by atoms with Gasteiger partial charge < -0.3 is 8.98 Å². The van der Waals surface area contributed by atoms with Gasteiger partial charge in [-0.1, -0.05) is 127 Å². The normalized spacial score (nSPS) is 12.0. The maximum absolute atomic E-state index is 6.78. The number of hydrogen-bond donors (Lipinski definition) is 0. The van der Waals surface area contributed by atoms with Crippen molar-refractivity contribution in [2.45, 2.75) is 0 Å². The molecule has 12 aromatic rings. The fraction of sp³-hybridized carbons (Fsp3) is 0. The Morgan fingerprint density at radius 1 is 0.364 bits per heavy atom. The van der Waals surface area contributed by atoms with E-state index in [0.29, 0.717) is 17.6 Å². The molecule has 4 aromatic heterocycles. The van der Waals surface area contributed by atoms with Gasteiger partial charge in [0.25, 0.3) is 0 Å². The summed E-state index contributed by atoms with van der Waals surface area (Å²) in [6.07, 6.45) is 0. The van der Waals surface area contributed by atoms with Gasteiger partial charge in [-0.05, 0) is 59.3 Å². The van der Waals surface area contributed by atoms with Crippen LogP contribution in [0.4, 0.5) is 0 Å². The van der Waals surface area contributed by atoms with Gasteiger partial charge in [0.1, 0.15) is 5.58 Å². The number of hydrogen-bond acceptors (Lipinski definition) is 4. The van der Waals surface area contributed by atoms with Crippen molar-refractivity contribution in [1.29, 1.82) is 0 Å². The van der Waals surface area contributed by atoms with Crippen LogP contribution < -0.4 is 0 Å². The summed E-state index contributed by atoms with van der Waals surface area (Å²) in [5.41, 5.74) is 8.60. The molecule has 0 radical (unpaired) electrons. The molecule has 6 heteroatoms. The van der Waals surface area contributed by atoms with Crippen molar-refractivity contribution in [3.63, 3.8) is 0 Å². The lowest BCUT2D eigenvalue weighted by Gasteiger charge is -2.13. The predicted molar refractivity (Wildman–Crippen MR) is 224 cm³/mol. The Hall–Kier alpha value is -7.57. The Balaban J connectivity index is 1.20. The molecule has 256 valence electrons. The molecule has 0 spiro atoms. The highest BCUT2D eigenvalue weighted by Crippen LogP contribution is 2.42.